The monoisotopic (exact) mass is 360 g/mol. The Labute approximate surface area is 155 Å². The predicted octanol–water partition coefficient (Wildman–Crippen LogP) is 5.58. The minimum atomic E-state index is -1.89. The lowest BCUT2D eigenvalue weighted by atomic mass is 9.86. The molecule has 0 unspecified atom stereocenters. The van der Waals surface area contributed by atoms with Gasteiger partial charge in [-0.25, -0.2) is 0 Å². The van der Waals surface area contributed by atoms with Crippen LogP contribution in [-0.2, 0) is 10.8 Å². The van der Waals surface area contributed by atoms with Crippen LogP contribution in [-0.4, -0.2) is 25.6 Å². The summed E-state index contributed by atoms with van der Waals surface area (Å²) in [6, 6.07) is 10.6. The van der Waals surface area contributed by atoms with Gasteiger partial charge in [0.2, 0.25) is 0 Å². The lowest BCUT2D eigenvalue weighted by Crippen LogP contribution is -2.49. The van der Waals surface area contributed by atoms with Gasteiger partial charge in [0, 0.05) is 11.8 Å². The summed E-state index contributed by atoms with van der Waals surface area (Å²) in [6.07, 6.45) is 3.68. The molecule has 140 valence electrons. The minimum absolute atomic E-state index is 0.0772. The average molecular weight is 361 g/mol. The van der Waals surface area contributed by atoms with Crippen molar-refractivity contribution in [2.24, 2.45) is 11.8 Å². The SMILES string of the molecule is C[C@@H]1[C@H](O[Si](C)(C)C(C)(C)C)[C@H](C)C(Cc2ccccc2)=CC[C@H]1O. The smallest absolute Gasteiger partial charge is 0.192 e. The number of hydrogen-bond acceptors (Lipinski definition) is 2. The maximum absolute atomic E-state index is 10.6. The molecule has 0 saturated heterocycles. The first-order valence-corrected chi connectivity index (χ1v) is 12.5. The van der Waals surface area contributed by atoms with Crippen molar-refractivity contribution in [1.82, 2.24) is 0 Å². The van der Waals surface area contributed by atoms with E-state index < -0.39 is 8.32 Å². The molecule has 0 saturated carbocycles. The van der Waals surface area contributed by atoms with Gasteiger partial charge in [0.25, 0.3) is 0 Å². The number of aliphatic hydroxyl groups excluding tert-OH is 1. The Morgan fingerprint density at radius 1 is 1.12 bits per heavy atom. The Morgan fingerprint density at radius 2 is 1.72 bits per heavy atom. The van der Waals surface area contributed by atoms with Crippen LogP contribution in [0.2, 0.25) is 18.1 Å². The molecule has 1 aliphatic carbocycles. The van der Waals surface area contributed by atoms with Crippen LogP contribution in [0.5, 0.6) is 0 Å². The zero-order chi connectivity index (χ0) is 18.8. The van der Waals surface area contributed by atoms with E-state index in [1.54, 1.807) is 0 Å². The molecular weight excluding hydrogens is 324 g/mol. The van der Waals surface area contributed by atoms with E-state index in [-0.39, 0.29) is 23.2 Å². The number of rotatable bonds is 4. The standard InChI is InChI=1S/C22H36O2Si/c1-16-19(15-18-11-9-8-10-12-18)13-14-20(23)17(2)21(16)24-25(6,7)22(3,4)5/h8-13,16-17,20-21,23H,14-15H2,1-7H3/t16-,17+,20-,21-/m1/s1. The number of aliphatic hydroxyl groups is 1. The maximum Gasteiger partial charge on any atom is 0.192 e. The van der Waals surface area contributed by atoms with Gasteiger partial charge in [-0.3, -0.25) is 0 Å². The van der Waals surface area contributed by atoms with E-state index in [0.29, 0.717) is 5.92 Å². The van der Waals surface area contributed by atoms with Gasteiger partial charge in [0.1, 0.15) is 0 Å². The van der Waals surface area contributed by atoms with Gasteiger partial charge < -0.3 is 9.53 Å². The van der Waals surface area contributed by atoms with Gasteiger partial charge in [-0.05, 0) is 36.5 Å². The average Bonchev–Trinajstić information content (AvgIpc) is 2.62. The predicted molar refractivity (Wildman–Crippen MR) is 109 cm³/mol. The van der Waals surface area contributed by atoms with E-state index in [2.05, 4.69) is 84.1 Å². The molecule has 0 amide bonds. The highest BCUT2D eigenvalue weighted by molar-refractivity contribution is 6.74. The third-order valence-corrected chi connectivity index (χ3v) is 10.8. The van der Waals surface area contributed by atoms with Gasteiger partial charge in [0.05, 0.1) is 12.2 Å². The van der Waals surface area contributed by atoms with Gasteiger partial charge >= 0.3 is 0 Å². The maximum atomic E-state index is 10.6. The van der Waals surface area contributed by atoms with Crippen LogP contribution < -0.4 is 0 Å². The van der Waals surface area contributed by atoms with Gasteiger partial charge in [-0.1, -0.05) is 76.6 Å². The zero-order valence-electron chi connectivity index (χ0n) is 17.0. The van der Waals surface area contributed by atoms with Crippen molar-refractivity contribution >= 4 is 8.32 Å². The summed E-state index contributed by atoms with van der Waals surface area (Å²) in [4.78, 5) is 0. The molecule has 0 fully saturated rings. The molecule has 2 rings (SSSR count). The molecule has 1 aromatic rings. The zero-order valence-corrected chi connectivity index (χ0v) is 18.0. The molecule has 25 heavy (non-hydrogen) atoms. The fourth-order valence-electron chi connectivity index (χ4n) is 3.35. The second-order valence-corrected chi connectivity index (χ2v) is 14.0. The van der Waals surface area contributed by atoms with E-state index in [1.807, 2.05) is 0 Å². The highest BCUT2D eigenvalue weighted by atomic mass is 28.4. The van der Waals surface area contributed by atoms with Crippen molar-refractivity contribution in [2.75, 3.05) is 0 Å². The molecule has 0 heterocycles. The van der Waals surface area contributed by atoms with Gasteiger partial charge in [0.15, 0.2) is 8.32 Å². The third-order valence-electron chi connectivity index (χ3n) is 6.31. The Kier molecular flexibility index (Phi) is 6.34. The summed E-state index contributed by atoms with van der Waals surface area (Å²) >= 11 is 0. The van der Waals surface area contributed by atoms with E-state index in [9.17, 15) is 5.11 Å². The second-order valence-electron chi connectivity index (χ2n) is 9.24. The Hall–Kier alpha value is -0.903. The number of benzene rings is 1. The second kappa shape index (κ2) is 7.77. The van der Waals surface area contributed by atoms with Crippen molar-refractivity contribution in [1.29, 1.82) is 0 Å². The first-order valence-electron chi connectivity index (χ1n) is 9.61. The van der Waals surface area contributed by atoms with Crippen LogP contribution in [0, 0.1) is 11.8 Å². The molecule has 1 N–H and O–H groups in total. The minimum Gasteiger partial charge on any atom is -0.413 e. The quantitative estimate of drug-likeness (QED) is 0.561. The van der Waals surface area contributed by atoms with Crippen molar-refractivity contribution in [3.8, 4) is 0 Å². The van der Waals surface area contributed by atoms with E-state index >= 15 is 0 Å². The molecule has 3 heteroatoms. The first kappa shape index (κ1) is 20.4. The molecule has 0 bridgehead atoms. The molecule has 1 aromatic carbocycles. The lowest BCUT2D eigenvalue weighted by Gasteiger charge is -2.43. The molecular formula is C22H36O2Si. The van der Waals surface area contributed by atoms with Crippen LogP contribution in [0.3, 0.4) is 0 Å². The molecule has 0 aliphatic heterocycles. The van der Waals surface area contributed by atoms with Crippen molar-refractivity contribution in [3.05, 3.63) is 47.5 Å². The topological polar surface area (TPSA) is 29.5 Å². The van der Waals surface area contributed by atoms with Crippen LogP contribution in [0.4, 0.5) is 0 Å². The van der Waals surface area contributed by atoms with Crippen LogP contribution >= 0.6 is 0 Å². The summed E-state index contributed by atoms with van der Waals surface area (Å²) in [5, 5.41) is 10.8. The van der Waals surface area contributed by atoms with Crippen molar-refractivity contribution in [2.45, 2.75) is 77.8 Å². The summed E-state index contributed by atoms with van der Waals surface area (Å²) in [5.74, 6) is 0.468. The normalized spacial score (nSPS) is 28.4. The third kappa shape index (κ3) is 4.84. The van der Waals surface area contributed by atoms with Crippen LogP contribution in [0.1, 0.15) is 46.6 Å². The van der Waals surface area contributed by atoms with E-state index in [4.69, 9.17) is 4.43 Å². The summed E-state index contributed by atoms with van der Waals surface area (Å²) in [7, 11) is -1.89. The van der Waals surface area contributed by atoms with Crippen LogP contribution in [0.25, 0.3) is 0 Å². The van der Waals surface area contributed by atoms with Crippen LogP contribution in [0.15, 0.2) is 42.0 Å². The van der Waals surface area contributed by atoms with E-state index in [1.165, 1.54) is 11.1 Å². The highest BCUT2D eigenvalue weighted by Crippen LogP contribution is 2.41. The lowest BCUT2D eigenvalue weighted by molar-refractivity contribution is 0.0154. The summed E-state index contributed by atoms with van der Waals surface area (Å²) < 4.78 is 6.82. The highest BCUT2D eigenvalue weighted by Gasteiger charge is 2.43. The Bertz CT molecular complexity index is 586. The fraction of sp³-hybridized carbons (Fsp3) is 0.636. The molecule has 0 spiro atoms. The van der Waals surface area contributed by atoms with Crippen molar-refractivity contribution in [3.63, 3.8) is 0 Å². The van der Waals surface area contributed by atoms with Crippen molar-refractivity contribution < 1.29 is 9.53 Å². The summed E-state index contributed by atoms with van der Waals surface area (Å²) in [5.41, 5.74) is 2.73. The Balaban J connectivity index is 2.26. The number of hydrogen-bond donors (Lipinski definition) is 1. The molecule has 1 aliphatic rings. The van der Waals surface area contributed by atoms with Gasteiger partial charge in [-0.15, -0.1) is 0 Å². The van der Waals surface area contributed by atoms with Gasteiger partial charge in [-0.2, -0.15) is 0 Å². The summed E-state index contributed by atoms with van der Waals surface area (Å²) in [6.45, 7) is 15.9. The molecule has 0 aromatic heterocycles. The Morgan fingerprint density at radius 3 is 2.28 bits per heavy atom. The molecule has 4 atom stereocenters. The molecule has 0 radical (unpaired) electrons. The molecule has 2 nitrogen and oxygen atoms in total. The first-order chi connectivity index (χ1) is 11.5. The largest absolute Gasteiger partial charge is 0.413 e. The fourth-order valence-corrected chi connectivity index (χ4v) is 4.80. The van der Waals surface area contributed by atoms with E-state index in [0.717, 1.165) is 12.8 Å².